The van der Waals surface area contributed by atoms with Crippen LogP contribution in [0.25, 0.3) is 0 Å². The molecule has 1 unspecified atom stereocenters. The summed E-state index contributed by atoms with van der Waals surface area (Å²) >= 11 is 0. The van der Waals surface area contributed by atoms with Crippen LogP contribution in [0.15, 0.2) is 59.5 Å². The van der Waals surface area contributed by atoms with Crippen LogP contribution < -0.4 is 4.74 Å². The summed E-state index contributed by atoms with van der Waals surface area (Å²) in [5, 5.41) is 10.7. The second-order valence-electron chi connectivity index (χ2n) is 4.71. The molecule has 0 aliphatic carbocycles. The van der Waals surface area contributed by atoms with Gasteiger partial charge >= 0.3 is 0 Å². The second kappa shape index (κ2) is 4.47. The van der Waals surface area contributed by atoms with Gasteiger partial charge in [0, 0.05) is 0 Å². The summed E-state index contributed by atoms with van der Waals surface area (Å²) in [6.45, 7) is 1.64. The van der Waals surface area contributed by atoms with Gasteiger partial charge in [0.05, 0.1) is 4.90 Å². The third-order valence-electron chi connectivity index (χ3n) is 3.31. The lowest BCUT2D eigenvalue weighted by Gasteiger charge is -2.28. The monoisotopic (exact) mass is 274 g/mol. The van der Waals surface area contributed by atoms with Crippen LogP contribution in [0.4, 0.5) is 0 Å². The molecule has 0 bridgehead atoms. The van der Waals surface area contributed by atoms with Gasteiger partial charge in [-0.2, -0.15) is 0 Å². The Hall–Kier alpha value is -1.65. The number of rotatable bonds is 2. The van der Waals surface area contributed by atoms with E-state index in [1.807, 2.05) is 42.5 Å². The molecule has 3 atom stereocenters. The summed E-state index contributed by atoms with van der Waals surface area (Å²) in [5.41, 5.74) is -1.39. The molecule has 1 N–H and O–H groups in total. The molecule has 0 saturated carbocycles. The van der Waals surface area contributed by atoms with Crippen molar-refractivity contribution in [1.29, 1.82) is 0 Å². The molecule has 1 aliphatic heterocycles. The second-order valence-corrected chi connectivity index (χ2v) is 6.17. The lowest BCUT2D eigenvalue weighted by atomic mass is 9.97. The summed E-state index contributed by atoms with van der Waals surface area (Å²) in [6, 6.07) is 16.4. The van der Waals surface area contributed by atoms with E-state index in [-0.39, 0.29) is 0 Å². The zero-order valence-corrected chi connectivity index (χ0v) is 11.3. The molecule has 98 valence electrons. The Morgan fingerprint density at radius 1 is 1.11 bits per heavy atom. The maximum absolute atomic E-state index is 12.4. The fourth-order valence-electron chi connectivity index (χ4n) is 2.22. The highest BCUT2D eigenvalue weighted by Crippen LogP contribution is 2.40. The molecule has 0 amide bonds. The average Bonchev–Trinajstić information content (AvgIpc) is 2.78. The summed E-state index contributed by atoms with van der Waals surface area (Å²) in [7, 11) is -1.38. The van der Waals surface area contributed by atoms with Gasteiger partial charge < -0.3 is 9.84 Å². The largest absolute Gasteiger partial charge is 0.472 e. The van der Waals surface area contributed by atoms with Crippen molar-refractivity contribution >= 4 is 10.8 Å². The molecule has 19 heavy (non-hydrogen) atoms. The normalized spacial score (nSPS) is 24.3. The predicted octanol–water partition coefficient (Wildman–Crippen LogP) is 2.42. The molecule has 3 rings (SSSR count). The Morgan fingerprint density at radius 2 is 1.74 bits per heavy atom. The first-order valence-electron chi connectivity index (χ1n) is 6.05. The quantitative estimate of drug-likeness (QED) is 0.915. The minimum Gasteiger partial charge on any atom is -0.472 e. The lowest BCUT2D eigenvalue weighted by Crippen LogP contribution is -2.41. The molecule has 0 spiro atoms. The number of hydrogen-bond donors (Lipinski definition) is 1. The SMILES string of the molecule is C[C@@](O)(c1ccccc1)[C@@H]1Oc2ccccc2S1=O. The van der Waals surface area contributed by atoms with Gasteiger partial charge in [0.1, 0.15) is 22.2 Å². The molecule has 3 nitrogen and oxygen atoms in total. The van der Waals surface area contributed by atoms with Crippen LogP contribution in [0.3, 0.4) is 0 Å². The Balaban J connectivity index is 1.99. The van der Waals surface area contributed by atoms with Gasteiger partial charge in [-0.1, -0.05) is 42.5 Å². The Morgan fingerprint density at radius 3 is 2.42 bits per heavy atom. The van der Waals surface area contributed by atoms with Crippen LogP contribution in [0, 0.1) is 0 Å². The van der Waals surface area contributed by atoms with Crippen molar-refractivity contribution < 1.29 is 14.1 Å². The number of ether oxygens (including phenoxy) is 1. The third kappa shape index (κ3) is 1.97. The molecule has 2 aromatic rings. The summed E-state index contributed by atoms with van der Waals surface area (Å²) < 4.78 is 18.1. The minimum absolute atomic E-state index is 0.585. The van der Waals surface area contributed by atoms with Crippen molar-refractivity contribution in [3.8, 4) is 5.75 Å². The van der Waals surface area contributed by atoms with Gasteiger partial charge in [-0.05, 0) is 24.6 Å². The Labute approximate surface area is 114 Å². The van der Waals surface area contributed by atoms with Gasteiger partial charge in [0.2, 0.25) is 5.44 Å². The summed E-state index contributed by atoms with van der Waals surface area (Å²) in [4.78, 5) is 0.642. The van der Waals surface area contributed by atoms with E-state index in [1.165, 1.54) is 0 Å². The Bertz CT molecular complexity index is 622. The third-order valence-corrected chi connectivity index (χ3v) is 5.03. The van der Waals surface area contributed by atoms with E-state index in [0.29, 0.717) is 16.2 Å². The number of fused-ring (bicyclic) bond motifs is 1. The van der Waals surface area contributed by atoms with Gasteiger partial charge in [0.15, 0.2) is 0 Å². The Kier molecular flexibility index (Phi) is 2.92. The van der Waals surface area contributed by atoms with E-state index in [1.54, 1.807) is 19.1 Å². The molecule has 0 saturated heterocycles. The summed E-state index contributed by atoms with van der Waals surface area (Å²) in [5.74, 6) is 0.585. The van der Waals surface area contributed by atoms with Crippen LogP contribution in [0.1, 0.15) is 12.5 Å². The molecule has 0 fully saturated rings. The van der Waals surface area contributed by atoms with Crippen molar-refractivity contribution in [2.45, 2.75) is 22.9 Å². The maximum Gasteiger partial charge on any atom is 0.210 e. The smallest absolute Gasteiger partial charge is 0.210 e. The fraction of sp³-hybridized carbons (Fsp3) is 0.200. The molecule has 0 aromatic heterocycles. The van der Waals surface area contributed by atoms with Crippen molar-refractivity contribution in [2.75, 3.05) is 0 Å². The van der Waals surface area contributed by atoms with E-state index in [9.17, 15) is 9.32 Å². The average molecular weight is 274 g/mol. The summed E-state index contributed by atoms with van der Waals surface area (Å²) in [6.07, 6.45) is 0. The maximum atomic E-state index is 12.4. The van der Waals surface area contributed by atoms with Gasteiger partial charge in [-0.15, -0.1) is 0 Å². The van der Waals surface area contributed by atoms with E-state index < -0.39 is 21.8 Å². The number of aliphatic hydroxyl groups is 1. The number of hydrogen-bond acceptors (Lipinski definition) is 3. The van der Waals surface area contributed by atoms with E-state index in [0.717, 1.165) is 0 Å². The topological polar surface area (TPSA) is 46.5 Å². The highest BCUT2D eigenvalue weighted by molar-refractivity contribution is 7.86. The minimum atomic E-state index is -1.38. The molecular formula is C15H14O3S. The molecule has 0 radical (unpaired) electrons. The van der Waals surface area contributed by atoms with Crippen LogP contribution in [0.2, 0.25) is 0 Å². The van der Waals surface area contributed by atoms with E-state index in [2.05, 4.69) is 0 Å². The highest BCUT2D eigenvalue weighted by atomic mass is 32.2. The van der Waals surface area contributed by atoms with Crippen LogP contribution in [-0.4, -0.2) is 14.8 Å². The van der Waals surface area contributed by atoms with Crippen molar-refractivity contribution in [3.63, 3.8) is 0 Å². The predicted molar refractivity (Wildman–Crippen MR) is 73.3 cm³/mol. The fourth-order valence-corrected chi connectivity index (χ4v) is 3.72. The van der Waals surface area contributed by atoms with Crippen LogP contribution in [-0.2, 0) is 16.4 Å². The molecule has 1 aliphatic rings. The first-order valence-corrected chi connectivity index (χ1v) is 7.26. The molecule has 1 heterocycles. The van der Waals surface area contributed by atoms with Gasteiger partial charge in [0.25, 0.3) is 0 Å². The van der Waals surface area contributed by atoms with Crippen molar-refractivity contribution in [2.24, 2.45) is 0 Å². The van der Waals surface area contributed by atoms with Crippen LogP contribution >= 0.6 is 0 Å². The first kappa shape index (κ1) is 12.4. The van der Waals surface area contributed by atoms with Gasteiger partial charge in [-0.25, -0.2) is 0 Å². The lowest BCUT2D eigenvalue weighted by molar-refractivity contribution is -0.00944. The first-order chi connectivity index (χ1) is 9.10. The highest BCUT2D eigenvalue weighted by Gasteiger charge is 2.45. The molecule has 2 aromatic carbocycles. The number of benzene rings is 2. The van der Waals surface area contributed by atoms with Crippen LogP contribution in [0.5, 0.6) is 5.75 Å². The molecular weight excluding hydrogens is 260 g/mol. The van der Waals surface area contributed by atoms with Crippen molar-refractivity contribution in [3.05, 3.63) is 60.2 Å². The number of para-hydroxylation sites is 1. The van der Waals surface area contributed by atoms with E-state index in [4.69, 9.17) is 4.74 Å². The van der Waals surface area contributed by atoms with Crippen molar-refractivity contribution in [1.82, 2.24) is 0 Å². The van der Waals surface area contributed by atoms with Gasteiger partial charge in [-0.3, -0.25) is 4.21 Å². The zero-order chi connectivity index (χ0) is 13.5. The zero-order valence-electron chi connectivity index (χ0n) is 10.4. The van der Waals surface area contributed by atoms with E-state index >= 15 is 0 Å². The molecule has 4 heteroatoms. The standard InChI is InChI=1S/C15H14O3S/c1-15(16,11-7-3-2-4-8-11)14-18-12-9-5-6-10-13(12)19(14)17/h2-10,14,16H,1H3/t14-,15-,19?/m1/s1.